The highest BCUT2D eigenvalue weighted by Gasteiger charge is 2.20. The first-order valence-corrected chi connectivity index (χ1v) is 11.7. The number of nitriles is 1. The molecule has 0 radical (unpaired) electrons. The van der Waals surface area contributed by atoms with Gasteiger partial charge in [-0.15, -0.1) is 0 Å². The largest absolute Gasteiger partial charge is 0.455 e. The monoisotopic (exact) mass is 428 g/mol. The molecule has 1 fully saturated rings. The third kappa shape index (κ3) is 3.39. The van der Waals surface area contributed by atoms with Crippen LogP contribution in [0.1, 0.15) is 49.1 Å². The molecule has 33 heavy (non-hydrogen) atoms. The van der Waals surface area contributed by atoms with E-state index in [0.717, 1.165) is 44.3 Å². The zero-order valence-electron chi connectivity index (χ0n) is 18.4. The summed E-state index contributed by atoms with van der Waals surface area (Å²) in [5, 5.41) is 12.0. The minimum Gasteiger partial charge on any atom is -0.455 e. The first kappa shape index (κ1) is 19.8. The Balaban J connectivity index is 1.53. The fourth-order valence-corrected chi connectivity index (χ4v) is 5.32. The summed E-state index contributed by atoms with van der Waals surface area (Å²) in [4.78, 5) is 4.53. The van der Waals surface area contributed by atoms with E-state index in [0.29, 0.717) is 11.5 Å². The number of fused-ring (bicyclic) bond motifs is 3. The van der Waals surface area contributed by atoms with Crippen molar-refractivity contribution in [2.45, 2.75) is 38.0 Å². The normalized spacial score (nSPS) is 14.5. The van der Waals surface area contributed by atoms with Crippen LogP contribution in [-0.4, -0.2) is 4.98 Å². The first-order valence-electron chi connectivity index (χ1n) is 11.7. The molecule has 0 bridgehead atoms. The predicted molar refractivity (Wildman–Crippen MR) is 133 cm³/mol. The van der Waals surface area contributed by atoms with Gasteiger partial charge >= 0.3 is 0 Å². The highest BCUT2D eigenvalue weighted by atomic mass is 16.3. The molecule has 1 aliphatic carbocycles. The van der Waals surface area contributed by atoms with Crippen LogP contribution in [0, 0.1) is 11.3 Å². The lowest BCUT2D eigenvalue weighted by atomic mass is 9.83. The maximum Gasteiger partial charge on any atom is 0.144 e. The Morgan fingerprint density at radius 1 is 0.788 bits per heavy atom. The molecule has 2 heterocycles. The lowest BCUT2D eigenvalue weighted by Crippen LogP contribution is -2.04. The lowest BCUT2D eigenvalue weighted by molar-refractivity contribution is 0.443. The smallest absolute Gasteiger partial charge is 0.144 e. The van der Waals surface area contributed by atoms with Gasteiger partial charge in [0.15, 0.2) is 0 Å². The molecule has 3 heteroatoms. The quantitative estimate of drug-likeness (QED) is 0.291. The summed E-state index contributed by atoms with van der Waals surface area (Å²) >= 11 is 0. The number of aromatic nitrogens is 1. The molecule has 0 unspecified atom stereocenters. The van der Waals surface area contributed by atoms with E-state index >= 15 is 0 Å². The standard InChI is InChI=1S/C30H24N2O/c31-19-23-16-17-25-24-9-6-10-26(27-11-4-5-18-32-27)29(24)33-30(25)28(23)22-14-12-21(13-15-22)20-7-2-1-3-8-20/h4-6,9-18,20H,1-3,7-8H2. The number of furan rings is 1. The summed E-state index contributed by atoms with van der Waals surface area (Å²) in [6.07, 6.45) is 8.35. The summed E-state index contributed by atoms with van der Waals surface area (Å²) in [5.41, 5.74) is 7.34. The molecule has 1 aliphatic rings. The Bertz CT molecular complexity index is 1480. The average Bonchev–Trinajstić information content (AvgIpc) is 3.28. The van der Waals surface area contributed by atoms with E-state index in [-0.39, 0.29) is 0 Å². The summed E-state index contributed by atoms with van der Waals surface area (Å²) in [5.74, 6) is 0.658. The van der Waals surface area contributed by atoms with Crippen molar-refractivity contribution in [3.05, 3.63) is 90.1 Å². The van der Waals surface area contributed by atoms with Gasteiger partial charge in [0, 0.05) is 28.1 Å². The molecule has 2 aromatic heterocycles. The molecule has 0 amide bonds. The number of para-hydroxylation sites is 1. The van der Waals surface area contributed by atoms with Gasteiger partial charge in [-0.05, 0) is 60.2 Å². The van der Waals surface area contributed by atoms with E-state index < -0.39 is 0 Å². The number of hydrogen-bond acceptors (Lipinski definition) is 3. The van der Waals surface area contributed by atoms with E-state index in [1.807, 2.05) is 42.5 Å². The molecule has 0 atom stereocenters. The molecule has 5 aromatic rings. The third-order valence-corrected chi connectivity index (χ3v) is 7.00. The number of benzene rings is 3. The Kier molecular flexibility index (Phi) is 4.92. The van der Waals surface area contributed by atoms with Gasteiger partial charge in [0.05, 0.1) is 17.3 Å². The molecule has 160 valence electrons. The highest BCUT2D eigenvalue weighted by molar-refractivity contribution is 6.13. The van der Waals surface area contributed by atoms with Gasteiger partial charge < -0.3 is 4.42 Å². The van der Waals surface area contributed by atoms with Gasteiger partial charge in [-0.3, -0.25) is 4.98 Å². The fourth-order valence-electron chi connectivity index (χ4n) is 5.32. The summed E-state index contributed by atoms with van der Waals surface area (Å²) < 4.78 is 6.52. The number of rotatable bonds is 3. The minimum atomic E-state index is 0.631. The number of pyridine rings is 1. The fraction of sp³-hybridized carbons (Fsp3) is 0.200. The van der Waals surface area contributed by atoms with Crippen LogP contribution >= 0.6 is 0 Å². The number of nitrogens with zero attached hydrogens (tertiary/aromatic N) is 2. The van der Waals surface area contributed by atoms with E-state index in [9.17, 15) is 5.26 Å². The van der Waals surface area contributed by atoms with E-state index in [1.54, 1.807) is 6.20 Å². The molecule has 1 saturated carbocycles. The summed E-state index contributed by atoms with van der Waals surface area (Å²) in [6, 6.07) is 27.1. The summed E-state index contributed by atoms with van der Waals surface area (Å²) in [6.45, 7) is 0. The van der Waals surface area contributed by atoms with Crippen LogP contribution < -0.4 is 0 Å². The Morgan fingerprint density at radius 2 is 1.61 bits per heavy atom. The van der Waals surface area contributed by atoms with Crippen LogP contribution in [0.2, 0.25) is 0 Å². The third-order valence-electron chi connectivity index (χ3n) is 7.00. The van der Waals surface area contributed by atoms with Crippen molar-refractivity contribution < 1.29 is 4.42 Å². The second kappa shape index (κ2) is 8.22. The maximum atomic E-state index is 9.90. The lowest BCUT2D eigenvalue weighted by Gasteiger charge is -2.22. The molecule has 6 rings (SSSR count). The zero-order valence-corrected chi connectivity index (χ0v) is 18.4. The first-order chi connectivity index (χ1) is 16.3. The molecular formula is C30H24N2O. The molecule has 0 spiro atoms. The second-order valence-electron chi connectivity index (χ2n) is 8.93. The van der Waals surface area contributed by atoms with Crippen LogP contribution in [-0.2, 0) is 0 Å². The van der Waals surface area contributed by atoms with Gasteiger partial charge in [0.1, 0.15) is 11.2 Å². The Labute approximate surface area is 193 Å². The second-order valence-corrected chi connectivity index (χ2v) is 8.93. The highest BCUT2D eigenvalue weighted by Crippen LogP contribution is 2.41. The van der Waals surface area contributed by atoms with E-state index in [2.05, 4.69) is 41.4 Å². The van der Waals surface area contributed by atoms with Crippen LogP contribution in [0.25, 0.3) is 44.3 Å². The van der Waals surface area contributed by atoms with Crippen molar-refractivity contribution in [2.24, 2.45) is 0 Å². The maximum absolute atomic E-state index is 9.90. The van der Waals surface area contributed by atoms with E-state index in [4.69, 9.17) is 4.42 Å². The van der Waals surface area contributed by atoms with Gasteiger partial charge in [0.25, 0.3) is 0 Å². The SMILES string of the molecule is N#Cc1ccc2c(oc3c(-c4ccccn4)cccc32)c1-c1ccc(C2CCCCC2)cc1. The molecule has 3 nitrogen and oxygen atoms in total. The van der Waals surface area contributed by atoms with Crippen LogP contribution in [0.3, 0.4) is 0 Å². The minimum absolute atomic E-state index is 0.631. The van der Waals surface area contributed by atoms with Crippen molar-refractivity contribution in [3.8, 4) is 28.5 Å². The topological polar surface area (TPSA) is 49.8 Å². The molecular weight excluding hydrogens is 404 g/mol. The van der Waals surface area contributed by atoms with Crippen molar-refractivity contribution in [2.75, 3.05) is 0 Å². The zero-order chi connectivity index (χ0) is 22.2. The van der Waals surface area contributed by atoms with Gasteiger partial charge in [-0.1, -0.05) is 61.7 Å². The van der Waals surface area contributed by atoms with Gasteiger partial charge in [-0.2, -0.15) is 5.26 Å². The predicted octanol–water partition coefficient (Wildman–Crippen LogP) is 8.23. The average molecular weight is 429 g/mol. The molecule has 0 aliphatic heterocycles. The van der Waals surface area contributed by atoms with Gasteiger partial charge in [-0.25, -0.2) is 0 Å². The van der Waals surface area contributed by atoms with Crippen LogP contribution in [0.15, 0.2) is 83.4 Å². The Morgan fingerprint density at radius 3 is 2.36 bits per heavy atom. The Hall–Kier alpha value is -3.90. The molecule has 3 aromatic carbocycles. The van der Waals surface area contributed by atoms with Crippen molar-refractivity contribution in [1.82, 2.24) is 4.98 Å². The summed E-state index contributed by atoms with van der Waals surface area (Å²) in [7, 11) is 0. The van der Waals surface area contributed by atoms with Crippen LogP contribution in [0.5, 0.6) is 0 Å². The van der Waals surface area contributed by atoms with Crippen molar-refractivity contribution >= 4 is 21.9 Å². The molecule has 0 saturated heterocycles. The van der Waals surface area contributed by atoms with E-state index in [1.165, 1.54) is 37.7 Å². The van der Waals surface area contributed by atoms with Gasteiger partial charge in [0.2, 0.25) is 0 Å². The van der Waals surface area contributed by atoms with Crippen molar-refractivity contribution in [1.29, 1.82) is 5.26 Å². The number of hydrogen-bond donors (Lipinski definition) is 0. The van der Waals surface area contributed by atoms with Crippen molar-refractivity contribution in [3.63, 3.8) is 0 Å². The van der Waals surface area contributed by atoms with Crippen LogP contribution in [0.4, 0.5) is 0 Å². The molecule has 0 N–H and O–H groups in total.